The molecular formula is C21H19FN4O5S. The fourth-order valence-corrected chi connectivity index (χ4v) is 4.06. The Morgan fingerprint density at radius 2 is 2.03 bits per heavy atom. The normalized spacial score (nSPS) is 13.3. The topological polar surface area (TPSA) is 123 Å². The van der Waals surface area contributed by atoms with Gasteiger partial charge in [0.15, 0.2) is 20.3 Å². The number of hydrogen-bond acceptors (Lipinski definition) is 6. The molecule has 0 aliphatic carbocycles. The van der Waals surface area contributed by atoms with E-state index in [4.69, 9.17) is 11.8 Å². The van der Waals surface area contributed by atoms with Gasteiger partial charge in [-0.1, -0.05) is 18.2 Å². The van der Waals surface area contributed by atoms with Crippen LogP contribution in [0.25, 0.3) is 26.9 Å². The minimum absolute atomic E-state index is 0.146. The van der Waals surface area contributed by atoms with Crippen LogP contribution < -0.4 is 11.0 Å². The smallest absolute Gasteiger partial charge is 0.264 e. The number of halogens is 1. The van der Waals surface area contributed by atoms with Gasteiger partial charge in [-0.05, 0) is 37.1 Å². The third-order valence-electron chi connectivity index (χ3n) is 5.45. The Balaban J connectivity index is 1.97. The molecule has 2 N–H and O–H groups in total. The Morgan fingerprint density at radius 3 is 2.62 bits per heavy atom. The van der Waals surface area contributed by atoms with Crippen LogP contribution >= 0.6 is 0 Å². The quantitative estimate of drug-likeness (QED) is 0.332. The van der Waals surface area contributed by atoms with Crippen molar-refractivity contribution in [2.45, 2.75) is 24.6 Å². The summed E-state index contributed by atoms with van der Waals surface area (Å²) in [6, 6.07) is 8.65. The van der Waals surface area contributed by atoms with Crippen molar-refractivity contribution in [2.75, 3.05) is 6.26 Å². The summed E-state index contributed by atoms with van der Waals surface area (Å²) in [5.74, 6) is -1.67. The summed E-state index contributed by atoms with van der Waals surface area (Å²) >= 11 is 0. The molecule has 1 atom stereocenters. The van der Waals surface area contributed by atoms with Crippen molar-refractivity contribution in [3.8, 4) is 11.1 Å². The van der Waals surface area contributed by atoms with Crippen molar-refractivity contribution in [1.82, 2.24) is 15.0 Å². The molecule has 1 heterocycles. The second-order valence-corrected chi connectivity index (χ2v) is 9.89. The monoisotopic (exact) mass is 458 g/mol. The number of hydrogen-bond donors (Lipinski definition) is 2. The van der Waals surface area contributed by atoms with Gasteiger partial charge in [0, 0.05) is 18.4 Å². The van der Waals surface area contributed by atoms with Crippen molar-refractivity contribution < 1.29 is 22.8 Å². The zero-order valence-corrected chi connectivity index (χ0v) is 18.0. The lowest BCUT2D eigenvalue weighted by molar-refractivity contribution is -0.131. The predicted molar refractivity (Wildman–Crippen MR) is 115 cm³/mol. The fourth-order valence-electron chi connectivity index (χ4n) is 3.21. The second kappa shape index (κ2) is 8.49. The Hall–Kier alpha value is -3.62. The molecule has 0 fully saturated rings. The van der Waals surface area contributed by atoms with Gasteiger partial charge in [-0.3, -0.25) is 19.4 Å². The molecule has 11 heteroatoms. The number of rotatable bonds is 6. The third kappa shape index (κ3) is 4.10. The average Bonchev–Trinajstić information content (AvgIpc) is 2.76. The van der Waals surface area contributed by atoms with E-state index >= 15 is 0 Å². The number of aromatic nitrogens is 2. The molecule has 0 saturated heterocycles. The molecule has 0 spiro atoms. The van der Waals surface area contributed by atoms with E-state index in [9.17, 15) is 22.4 Å². The number of nitrogens with one attached hydrogen (secondary N) is 1. The van der Waals surface area contributed by atoms with Crippen molar-refractivity contribution in [3.63, 3.8) is 0 Å². The van der Waals surface area contributed by atoms with Gasteiger partial charge in [0.2, 0.25) is 0 Å². The van der Waals surface area contributed by atoms with E-state index in [1.54, 1.807) is 6.07 Å². The maximum atomic E-state index is 14.3. The highest BCUT2D eigenvalue weighted by Crippen LogP contribution is 2.28. The lowest BCUT2D eigenvalue weighted by atomic mass is 10.0. The molecule has 9 nitrogen and oxygen atoms in total. The molecule has 3 rings (SSSR count). The van der Waals surface area contributed by atoms with Gasteiger partial charge in [0.05, 0.1) is 23.8 Å². The molecule has 32 heavy (non-hydrogen) atoms. The van der Waals surface area contributed by atoms with E-state index in [1.807, 2.05) is 0 Å². The van der Waals surface area contributed by atoms with Crippen molar-refractivity contribution >= 4 is 32.3 Å². The standard InChI is InChI=1S/C21H19FN4O5S/c1-21(20(28)25-29,32(3,30)31)8-9-26-12-24-18-10-13(4-6-16(18)19(26)27)15-7-5-14(23-2)11-17(15)22/h4-7,10-12,29H,8-9H2,1,3H3,(H,25,28). The van der Waals surface area contributed by atoms with Crippen LogP contribution in [0, 0.1) is 12.4 Å². The Morgan fingerprint density at radius 1 is 1.31 bits per heavy atom. The summed E-state index contributed by atoms with van der Waals surface area (Å²) in [6.07, 6.45) is 1.81. The summed E-state index contributed by atoms with van der Waals surface area (Å²) in [4.78, 5) is 32.2. The number of amides is 1. The largest absolute Gasteiger partial charge is 0.299 e. The SMILES string of the molecule is [C-]#[N+]c1ccc(-c2ccc3c(=O)n(CCC(C)(C(=O)NO)S(C)(=O)=O)cnc3c2)c(F)c1. The molecular weight excluding hydrogens is 439 g/mol. The van der Waals surface area contributed by atoms with Crippen LogP contribution in [0.2, 0.25) is 0 Å². The number of carbonyl (C=O) groups excluding carboxylic acids is 1. The number of aryl methyl sites for hydroxylation is 1. The highest BCUT2D eigenvalue weighted by atomic mass is 32.2. The maximum Gasteiger partial charge on any atom is 0.264 e. The van der Waals surface area contributed by atoms with E-state index in [0.29, 0.717) is 11.1 Å². The van der Waals surface area contributed by atoms with Crippen molar-refractivity contribution in [1.29, 1.82) is 0 Å². The average molecular weight is 458 g/mol. The van der Waals surface area contributed by atoms with Crippen LogP contribution in [-0.4, -0.2) is 40.1 Å². The predicted octanol–water partition coefficient (Wildman–Crippen LogP) is 2.45. The van der Waals surface area contributed by atoms with Gasteiger partial charge in [0.25, 0.3) is 11.5 Å². The number of benzene rings is 2. The van der Waals surface area contributed by atoms with Gasteiger partial charge in [-0.25, -0.2) is 28.1 Å². The van der Waals surface area contributed by atoms with Gasteiger partial charge < -0.3 is 0 Å². The van der Waals surface area contributed by atoms with Crippen LogP contribution in [0.3, 0.4) is 0 Å². The van der Waals surface area contributed by atoms with Crippen molar-refractivity contribution in [2.24, 2.45) is 0 Å². The molecule has 166 valence electrons. The number of carbonyl (C=O) groups is 1. The van der Waals surface area contributed by atoms with E-state index in [2.05, 4.69) is 9.83 Å². The minimum Gasteiger partial charge on any atom is -0.299 e. The highest BCUT2D eigenvalue weighted by molar-refractivity contribution is 7.92. The zero-order chi connectivity index (χ0) is 23.7. The number of nitrogens with zero attached hydrogens (tertiary/aromatic N) is 3. The van der Waals surface area contributed by atoms with Gasteiger partial charge in [-0.15, -0.1) is 0 Å². The summed E-state index contributed by atoms with van der Waals surface area (Å²) in [5.41, 5.74) is 2.09. The summed E-state index contributed by atoms with van der Waals surface area (Å²) in [7, 11) is -3.91. The number of fused-ring (bicyclic) bond motifs is 1. The van der Waals surface area contributed by atoms with Crippen molar-refractivity contribution in [3.05, 3.63) is 70.3 Å². The van der Waals surface area contributed by atoms with E-state index < -0.39 is 31.9 Å². The lowest BCUT2D eigenvalue weighted by Crippen LogP contribution is -2.50. The molecule has 0 saturated carbocycles. The number of sulfone groups is 1. The van der Waals surface area contributed by atoms with Gasteiger partial charge >= 0.3 is 0 Å². The molecule has 1 unspecified atom stereocenters. The second-order valence-electron chi connectivity index (χ2n) is 7.44. The molecule has 0 aliphatic heterocycles. The van der Waals surface area contributed by atoms with Gasteiger partial charge in [-0.2, -0.15) is 0 Å². The van der Waals surface area contributed by atoms with E-state index in [-0.39, 0.29) is 29.6 Å². The molecule has 3 aromatic rings. The first kappa shape index (κ1) is 23.1. The maximum absolute atomic E-state index is 14.3. The Bertz CT molecular complexity index is 1430. The fraction of sp³-hybridized carbons (Fsp3) is 0.238. The lowest BCUT2D eigenvalue weighted by Gasteiger charge is -2.25. The highest BCUT2D eigenvalue weighted by Gasteiger charge is 2.43. The Labute approximate surface area is 182 Å². The zero-order valence-electron chi connectivity index (χ0n) is 17.2. The summed E-state index contributed by atoms with van der Waals surface area (Å²) in [6.45, 7) is 7.97. The number of hydroxylamine groups is 1. The first-order valence-corrected chi connectivity index (χ1v) is 11.2. The third-order valence-corrected chi connectivity index (χ3v) is 7.47. The van der Waals surface area contributed by atoms with Crippen LogP contribution in [-0.2, 0) is 21.2 Å². The summed E-state index contributed by atoms with van der Waals surface area (Å²) < 4.78 is 37.7. The molecule has 0 radical (unpaired) electrons. The van der Waals surface area contributed by atoms with E-state index in [0.717, 1.165) is 19.2 Å². The van der Waals surface area contributed by atoms with Crippen LogP contribution in [0.4, 0.5) is 10.1 Å². The summed E-state index contributed by atoms with van der Waals surface area (Å²) in [5, 5.41) is 9.13. The molecule has 0 aliphatic rings. The first-order chi connectivity index (χ1) is 15.0. The molecule has 1 amide bonds. The van der Waals surface area contributed by atoms with Crippen LogP contribution in [0.1, 0.15) is 13.3 Å². The van der Waals surface area contributed by atoms with E-state index in [1.165, 1.54) is 40.6 Å². The van der Waals surface area contributed by atoms with Crippen LogP contribution in [0.15, 0.2) is 47.5 Å². The Kier molecular flexibility index (Phi) is 6.11. The molecule has 2 aromatic carbocycles. The first-order valence-electron chi connectivity index (χ1n) is 9.32. The molecule has 0 bridgehead atoms. The van der Waals surface area contributed by atoms with Gasteiger partial charge in [0.1, 0.15) is 5.82 Å². The molecule has 1 aromatic heterocycles. The van der Waals surface area contributed by atoms with Crippen LogP contribution in [0.5, 0.6) is 0 Å². The minimum atomic E-state index is -3.91.